The third-order valence-electron chi connectivity index (χ3n) is 4.57. The Morgan fingerprint density at radius 3 is 2.77 bits per heavy atom. The number of nitrogens with zero attached hydrogens (tertiary/aromatic N) is 2. The molecule has 5 nitrogen and oxygen atoms in total. The van der Waals surface area contributed by atoms with Crippen LogP contribution in [0.15, 0.2) is 53.0 Å². The van der Waals surface area contributed by atoms with Gasteiger partial charge in [0.1, 0.15) is 11.5 Å². The fourth-order valence-electron chi connectivity index (χ4n) is 3.26. The number of amides is 1. The zero-order valence-electron chi connectivity index (χ0n) is 14.4. The highest BCUT2D eigenvalue weighted by Crippen LogP contribution is 2.30. The SMILES string of the molecule is Cn1c(C(=O)NCCCc2nc3ccccc3[nH]2)c(Br)c2ccccc21. The number of fused-ring (bicyclic) bond motifs is 2. The average molecular weight is 411 g/mol. The topological polar surface area (TPSA) is 62.7 Å². The molecule has 0 aliphatic heterocycles. The summed E-state index contributed by atoms with van der Waals surface area (Å²) in [5.41, 5.74) is 3.71. The molecule has 2 aromatic heterocycles. The van der Waals surface area contributed by atoms with Crippen LogP contribution in [0.25, 0.3) is 21.9 Å². The van der Waals surface area contributed by atoms with Crippen molar-refractivity contribution in [1.29, 1.82) is 0 Å². The van der Waals surface area contributed by atoms with Crippen LogP contribution in [0.2, 0.25) is 0 Å². The molecule has 4 rings (SSSR count). The number of nitrogens with one attached hydrogen (secondary N) is 2. The van der Waals surface area contributed by atoms with Gasteiger partial charge in [-0.2, -0.15) is 0 Å². The number of imidazole rings is 1. The minimum absolute atomic E-state index is 0.0693. The summed E-state index contributed by atoms with van der Waals surface area (Å²) in [5, 5.41) is 4.06. The van der Waals surface area contributed by atoms with Gasteiger partial charge in [0.2, 0.25) is 0 Å². The van der Waals surface area contributed by atoms with Gasteiger partial charge in [-0.25, -0.2) is 4.98 Å². The Morgan fingerprint density at radius 1 is 1.19 bits per heavy atom. The van der Waals surface area contributed by atoms with Gasteiger partial charge in [-0.3, -0.25) is 4.79 Å². The maximum atomic E-state index is 12.6. The summed E-state index contributed by atoms with van der Waals surface area (Å²) in [6, 6.07) is 16.0. The molecule has 2 N–H and O–H groups in total. The highest BCUT2D eigenvalue weighted by Gasteiger charge is 2.18. The largest absolute Gasteiger partial charge is 0.351 e. The van der Waals surface area contributed by atoms with E-state index in [1.165, 1.54) is 0 Å². The number of carbonyl (C=O) groups excluding carboxylic acids is 1. The monoisotopic (exact) mass is 410 g/mol. The summed E-state index contributed by atoms with van der Waals surface area (Å²) in [7, 11) is 1.91. The smallest absolute Gasteiger partial charge is 0.269 e. The first-order valence-corrected chi connectivity index (χ1v) is 9.39. The molecule has 2 heterocycles. The van der Waals surface area contributed by atoms with E-state index in [0.717, 1.165) is 45.1 Å². The van der Waals surface area contributed by atoms with Crippen LogP contribution in [-0.2, 0) is 13.5 Å². The Balaban J connectivity index is 1.40. The molecule has 0 saturated heterocycles. The van der Waals surface area contributed by atoms with E-state index >= 15 is 0 Å². The van der Waals surface area contributed by atoms with Crippen LogP contribution in [0.4, 0.5) is 0 Å². The summed E-state index contributed by atoms with van der Waals surface area (Å²) in [4.78, 5) is 20.5. The van der Waals surface area contributed by atoms with Crippen LogP contribution < -0.4 is 5.32 Å². The van der Waals surface area contributed by atoms with E-state index in [2.05, 4.69) is 31.2 Å². The van der Waals surface area contributed by atoms with E-state index < -0.39 is 0 Å². The normalized spacial score (nSPS) is 11.3. The molecule has 0 saturated carbocycles. The number of carbonyl (C=O) groups is 1. The van der Waals surface area contributed by atoms with Crippen molar-refractivity contribution in [1.82, 2.24) is 19.9 Å². The van der Waals surface area contributed by atoms with Crippen LogP contribution in [0.1, 0.15) is 22.7 Å². The first-order valence-electron chi connectivity index (χ1n) is 8.60. The Hall–Kier alpha value is -2.60. The van der Waals surface area contributed by atoms with Crippen molar-refractivity contribution < 1.29 is 4.79 Å². The van der Waals surface area contributed by atoms with E-state index in [1.54, 1.807) is 0 Å². The van der Waals surface area contributed by atoms with Crippen LogP contribution in [0, 0.1) is 0 Å². The molecule has 0 radical (unpaired) electrons. The van der Waals surface area contributed by atoms with Gasteiger partial charge in [0.05, 0.1) is 15.5 Å². The zero-order chi connectivity index (χ0) is 18.1. The summed E-state index contributed by atoms with van der Waals surface area (Å²) in [6.45, 7) is 0.601. The predicted molar refractivity (Wildman–Crippen MR) is 107 cm³/mol. The molecule has 26 heavy (non-hydrogen) atoms. The number of para-hydroxylation sites is 3. The van der Waals surface area contributed by atoms with Gasteiger partial charge >= 0.3 is 0 Å². The lowest BCUT2D eigenvalue weighted by molar-refractivity contribution is 0.0944. The predicted octanol–water partition coefficient (Wildman–Crippen LogP) is 4.18. The Labute approximate surface area is 159 Å². The number of halogens is 1. The second-order valence-electron chi connectivity index (χ2n) is 6.30. The molecule has 0 atom stereocenters. The van der Waals surface area contributed by atoms with E-state index in [1.807, 2.05) is 60.1 Å². The Morgan fingerprint density at radius 2 is 1.96 bits per heavy atom. The number of benzene rings is 2. The van der Waals surface area contributed by atoms with E-state index in [4.69, 9.17) is 0 Å². The molecular weight excluding hydrogens is 392 g/mol. The highest BCUT2D eigenvalue weighted by atomic mass is 79.9. The summed E-state index contributed by atoms with van der Waals surface area (Å²) < 4.78 is 2.76. The summed E-state index contributed by atoms with van der Waals surface area (Å²) >= 11 is 3.57. The van der Waals surface area contributed by atoms with Crippen molar-refractivity contribution in [3.8, 4) is 0 Å². The van der Waals surface area contributed by atoms with Crippen molar-refractivity contribution in [2.24, 2.45) is 7.05 Å². The summed E-state index contributed by atoms with van der Waals surface area (Å²) in [6.07, 6.45) is 1.62. The molecule has 1 amide bonds. The third-order valence-corrected chi connectivity index (χ3v) is 5.38. The number of aromatic amines is 1. The van der Waals surface area contributed by atoms with Gasteiger partial charge in [-0.05, 0) is 40.5 Å². The number of aryl methyl sites for hydroxylation is 2. The standard InChI is InChI=1S/C20H19BrN4O/c1-25-16-10-5-2-7-13(16)18(21)19(25)20(26)22-12-6-11-17-23-14-8-3-4-9-15(14)24-17/h2-5,7-10H,6,11-12H2,1H3,(H,22,26)(H,23,24). The minimum atomic E-state index is -0.0693. The Kier molecular flexibility index (Phi) is 4.51. The molecule has 0 spiro atoms. The minimum Gasteiger partial charge on any atom is -0.351 e. The quantitative estimate of drug-likeness (QED) is 0.484. The van der Waals surface area contributed by atoms with Gasteiger partial charge in [-0.1, -0.05) is 30.3 Å². The van der Waals surface area contributed by atoms with Gasteiger partial charge < -0.3 is 14.9 Å². The number of rotatable bonds is 5. The van der Waals surface area contributed by atoms with Crippen LogP contribution in [0.3, 0.4) is 0 Å². The van der Waals surface area contributed by atoms with Gasteiger partial charge in [0.25, 0.3) is 5.91 Å². The number of H-pyrrole nitrogens is 1. The molecule has 6 heteroatoms. The molecule has 2 aromatic carbocycles. The maximum absolute atomic E-state index is 12.6. The molecule has 0 aliphatic rings. The van der Waals surface area contributed by atoms with Crippen molar-refractivity contribution in [3.05, 3.63) is 64.5 Å². The van der Waals surface area contributed by atoms with Gasteiger partial charge in [0, 0.05) is 30.9 Å². The lowest BCUT2D eigenvalue weighted by atomic mass is 10.2. The van der Waals surface area contributed by atoms with Crippen molar-refractivity contribution >= 4 is 43.8 Å². The van der Waals surface area contributed by atoms with Crippen molar-refractivity contribution in [2.45, 2.75) is 12.8 Å². The first kappa shape index (κ1) is 16.8. The summed E-state index contributed by atoms with van der Waals surface area (Å²) in [5.74, 6) is 0.881. The zero-order valence-corrected chi connectivity index (χ0v) is 16.0. The van der Waals surface area contributed by atoms with E-state index in [9.17, 15) is 4.79 Å². The van der Waals surface area contributed by atoms with E-state index in [0.29, 0.717) is 12.2 Å². The van der Waals surface area contributed by atoms with Crippen molar-refractivity contribution in [2.75, 3.05) is 6.54 Å². The molecule has 4 aromatic rings. The Bertz CT molecular complexity index is 1020. The number of hydrogen-bond donors (Lipinski definition) is 2. The van der Waals surface area contributed by atoms with Crippen LogP contribution in [-0.4, -0.2) is 27.0 Å². The number of hydrogen-bond acceptors (Lipinski definition) is 2. The van der Waals surface area contributed by atoms with Crippen LogP contribution >= 0.6 is 15.9 Å². The molecule has 0 unspecified atom stereocenters. The first-order chi connectivity index (χ1) is 12.6. The maximum Gasteiger partial charge on any atom is 0.269 e. The fraction of sp³-hybridized carbons (Fsp3) is 0.200. The molecule has 0 bridgehead atoms. The average Bonchev–Trinajstić information content (AvgIpc) is 3.18. The molecule has 132 valence electrons. The lowest BCUT2D eigenvalue weighted by Gasteiger charge is -2.07. The van der Waals surface area contributed by atoms with Crippen molar-refractivity contribution in [3.63, 3.8) is 0 Å². The van der Waals surface area contributed by atoms with E-state index in [-0.39, 0.29) is 5.91 Å². The molecule has 0 fully saturated rings. The lowest BCUT2D eigenvalue weighted by Crippen LogP contribution is -2.27. The second-order valence-corrected chi connectivity index (χ2v) is 7.09. The van der Waals surface area contributed by atoms with Crippen LogP contribution in [0.5, 0.6) is 0 Å². The molecular formula is C20H19BrN4O. The van der Waals surface area contributed by atoms with Gasteiger partial charge in [-0.15, -0.1) is 0 Å². The third kappa shape index (κ3) is 3.01. The van der Waals surface area contributed by atoms with Gasteiger partial charge in [0.15, 0.2) is 0 Å². The number of aromatic nitrogens is 3. The second kappa shape index (κ2) is 6.96. The fourth-order valence-corrected chi connectivity index (χ4v) is 4.05. The highest BCUT2D eigenvalue weighted by molar-refractivity contribution is 9.10. The molecule has 0 aliphatic carbocycles.